The van der Waals surface area contributed by atoms with Crippen molar-refractivity contribution < 1.29 is 0 Å². The van der Waals surface area contributed by atoms with Crippen LogP contribution < -0.4 is 5.32 Å². The van der Waals surface area contributed by atoms with Crippen molar-refractivity contribution in [3.8, 4) is 5.82 Å². The predicted octanol–water partition coefficient (Wildman–Crippen LogP) is 6.03. The molecule has 0 amide bonds. The zero-order valence-electron chi connectivity index (χ0n) is 16.0. The second kappa shape index (κ2) is 8.72. The zero-order chi connectivity index (χ0) is 19.3. The Balaban J connectivity index is 0.000000326. The van der Waals surface area contributed by atoms with Crippen LogP contribution in [0.25, 0.3) is 16.6 Å². The lowest BCUT2D eigenvalue weighted by Crippen LogP contribution is -2.14. The van der Waals surface area contributed by atoms with Gasteiger partial charge in [-0.15, -0.1) is 0 Å². The first-order chi connectivity index (χ1) is 13.7. The van der Waals surface area contributed by atoms with E-state index < -0.39 is 0 Å². The molecule has 0 fully saturated rings. The first kappa shape index (κ1) is 18.9. The summed E-state index contributed by atoms with van der Waals surface area (Å²) in [6.45, 7) is 4.03. The summed E-state index contributed by atoms with van der Waals surface area (Å²) < 4.78 is 3.11. The first-order valence-corrected chi connectivity index (χ1v) is 10.5. The highest BCUT2D eigenvalue weighted by Crippen LogP contribution is 2.24. The fraction of sp³-hybridized carbons (Fsp3) is 0.208. The molecule has 0 aromatic heterocycles. The minimum atomic E-state index is 0.883. The molecule has 142 valence electrons. The lowest BCUT2D eigenvalue weighted by molar-refractivity contribution is 0.689. The quantitative estimate of drug-likeness (QED) is 0.354. The molecule has 0 atom stereocenters. The molecule has 3 nitrogen and oxygen atoms in total. The highest BCUT2D eigenvalue weighted by molar-refractivity contribution is 9.10. The molecule has 5 rings (SSSR count). The fourth-order valence-corrected chi connectivity index (χ4v) is 3.87. The number of rotatable bonds is 6. The number of hydrogen-bond donors (Lipinski definition) is 1. The van der Waals surface area contributed by atoms with Crippen LogP contribution >= 0.6 is 15.9 Å². The molecule has 0 bridgehead atoms. The van der Waals surface area contributed by atoms with Gasteiger partial charge in [-0.2, -0.15) is 0 Å². The molecular weight excluding hydrogens is 410 g/mol. The van der Waals surface area contributed by atoms with Gasteiger partial charge in [0.2, 0.25) is 0 Å². The molecule has 28 heavy (non-hydrogen) atoms. The third-order valence-corrected chi connectivity index (χ3v) is 5.44. The van der Waals surface area contributed by atoms with Gasteiger partial charge in [-0.05, 0) is 46.0 Å². The fourth-order valence-electron chi connectivity index (χ4n) is 3.43. The monoisotopic (exact) mass is 433 g/mol. The number of aryl methyl sites for hydroxylation is 1. The number of halogens is 1. The Bertz CT molecular complexity index is 1060. The Morgan fingerprint density at radius 3 is 2.54 bits per heavy atom. The van der Waals surface area contributed by atoms with E-state index in [1.54, 1.807) is 6.33 Å². The van der Waals surface area contributed by atoms with Gasteiger partial charge in [-0.25, -0.2) is 4.98 Å². The predicted molar refractivity (Wildman–Crippen MR) is 120 cm³/mol. The minimum absolute atomic E-state index is 0.883. The van der Waals surface area contributed by atoms with E-state index in [-0.39, 0.29) is 0 Å². The number of nitrogens with one attached hydrogen (secondary N) is 1. The molecule has 0 unspecified atom stereocenters. The number of benzene rings is 3. The molecule has 3 aromatic carbocycles. The molecule has 0 saturated carbocycles. The van der Waals surface area contributed by atoms with Crippen LogP contribution in [0.15, 0.2) is 77.7 Å². The first-order valence-electron chi connectivity index (χ1n) is 9.73. The minimum Gasteiger partial charge on any atom is -0.309 e. The van der Waals surface area contributed by atoms with Crippen molar-refractivity contribution in [1.82, 2.24) is 14.9 Å². The second-order valence-electron chi connectivity index (χ2n) is 7.05. The highest BCUT2D eigenvalue weighted by Gasteiger charge is 2.10. The highest BCUT2D eigenvalue weighted by atomic mass is 79.9. The zero-order valence-corrected chi connectivity index (χ0v) is 17.6. The number of aromatic nitrogens is 2. The second-order valence-corrected chi connectivity index (χ2v) is 7.96. The van der Waals surface area contributed by atoms with E-state index in [0.29, 0.717) is 0 Å². The SMILES string of the molecule is CCCc1ccc2ccccc2c1CNCc1cccc(Br)c1.c1nc2cn1-2. The van der Waals surface area contributed by atoms with Gasteiger partial charge in [0.15, 0.2) is 5.82 Å². The van der Waals surface area contributed by atoms with Gasteiger partial charge >= 0.3 is 0 Å². The van der Waals surface area contributed by atoms with Gasteiger partial charge in [0, 0.05) is 17.6 Å². The summed E-state index contributed by atoms with van der Waals surface area (Å²) in [5.41, 5.74) is 4.21. The van der Waals surface area contributed by atoms with Crippen LogP contribution in [-0.2, 0) is 19.5 Å². The smallest absolute Gasteiger partial charge is 0.156 e. The maximum absolute atomic E-state index is 3.81. The summed E-state index contributed by atoms with van der Waals surface area (Å²) in [4.78, 5) is 3.81. The number of imidazole rings is 1. The molecule has 0 radical (unpaired) electrons. The average molecular weight is 434 g/mol. The standard InChI is InChI=1S/C21H22BrN.C3H2N2/c1-2-6-17-11-12-18-8-3-4-10-20(18)21(17)15-23-14-16-7-5-9-19(22)13-16;1-3-4-2-5(1)3/h3-5,7-13,23H,2,6,14-15H2,1H3;1-2H. The van der Waals surface area contributed by atoms with Crippen molar-refractivity contribution in [1.29, 1.82) is 0 Å². The maximum Gasteiger partial charge on any atom is 0.156 e. The van der Waals surface area contributed by atoms with E-state index in [9.17, 15) is 0 Å². The molecule has 0 saturated heterocycles. The maximum atomic E-state index is 3.81. The molecule has 0 aliphatic carbocycles. The normalized spacial score (nSPS) is 11.2. The Labute approximate surface area is 174 Å². The van der Waals surface area contributed by atoms with Crippen LogP contribution in [-0.4, -0.2) is 9.55 Å². The van der Waals surface area contributed by atoms with Gasteiger partial charge in [0.1, 0.15) is 6.33 Å². The average Bonchev–Trinajstić information content (AvgIpc) is 3.29. The lowest BCUT2D eigenvalue weighted by Gasteiger charge is -2.14. The third-order valence-electron chi connectivity index (χ3n) is 4.94. The van der Waals surface area contributed by atoms with E-state index in [1.165, 1.54) is 33.9 Å². The summed E-state index contributed by atoms with van der Waals surface area (Å²) >= 11 is 3.54. The van der Waals surface area contributed by atoms with Crippen molar-refractivity contribution in [2.75, 3.05) is 0 Å². The molecule has 3 aromatic rings. The van der Waals surface area contributed by atoms with Crippen LogP contribution in [0.5, 0.6) is 0 Å². The van der Waals surface area contributed by atoms with E-state index in [2.05, 4.69) is 93.8 Å². The molecule has 0 spiro atoms. The van der Waals surface area contributed by atoms with Crippen LogP contribution in [0.2, 0.25) is 0 Å². The van der Waals surface area contributed by atoms with Crippen molar-refractivity contribution in [3.05, 3.63) is 94.4 Å². The molecule has 2 heterocycles. The lowest BCUT2D eigenvalue weighted by atomic mass is 9.96. The van der Waals surface area contributed by atoms with Gasteiger partial charge in [-0.1, -0.05) is 77.8 Å². The molecular formula is C24H24BrN3. The van der Waals surface area contributed by atoms with Gasteiger partial charge in [-0.3, -0.25) is 4.57 Å². The number of hydrogen-bond acceptors (Lipinski definition) is 2. The molecule has 1 N–H and O–H groups in total. The van der Waals surface area contributed by atoms with Crippen LogP contribution in [0.4, 0.5) is 0 Å². The van der Waals surface area contributed by atoms with Crippen molar-refractivity contribution in [2.24, 2.45) is 0 Å². The van der Waals surface area contributed by atoms with Gasteiger partial charge in [0.05, 0.1) is 6.20 Å². The molecule has 2 aliphatic rings. The Hall–Kier alpha value is -2.43. The van der Waals surface area contributed by atoms with E-state index >= 15 is 0 Å². The van der Waals surface area contributed by atoms with Gasteiger partial charge in [0.25, 0.3) is 0 Å². The Kier molecular flexibility index (Phi) is 5.89. The van der Waals surface area contributed by atoms with Crippen molar-refractivity contribution in [2.45, 2.75) is 32.9 Å². The summed E-state index contributed by atoms with van der Waals surface area (Å²) in [7, 11) is 0. The number of nitrogens with zero attached hydrogens (tertiary/aromatic N) is 2. The molecule has 2 aliphatic heterocycles. The topological polar surface area (TPSA) is 29.9 Å². The number of fused-ring (bicyclic) bond motifs is 2. The van der Waals surface area contributed by atoms with Crippen molar-refractivity contribution in [3.63, 3.8) is 0 Å². The summed E-state index contributed by atoms with van der Waals surface area (Å²) in [6, 6.07) is 21.7. The van der Waals surface area contributed by atoms with Crippen molar-refractivity contribution >= 4 is 26.7 Å². The Morgan fingerprint density at radius 1 is 1.00 bits per heavy atom. The van der Waals surface area contributed by atoms with E-state index in [1.807, 2.05) is 10.8 Å². The van der Waals surface area contributed by atoms with E-state index in [4.69, 9.17) is 0 Å². The Morgan fingerprint density at radius 2 is 1.86 bits per heavy atom. The molecule has 4 heteroatoms. The summed E-state index contributed by atoms with van der Waals surface area (Å²) in [5.74, 6) is 1.13. The van der Waals surface area contributed by atoms with Crippen LogP contribution in [0.1, 0.15) is 30.0 Å². The van der Waals surface area contributed by atoms with Gasteiger partial charge < -0.3 is 5.32 Å². The third kappa shape index (κ3) is 4.51. The van der Waals surface area contributed by atoms with Crippen LogP contribution in [0, 0.1) is 0 Å². The summed E-state index contributed by atoms with van der Waals surface area (Å²) in [5, 5.41) is 6.32. The largest absolute Gasteiger partial charge is 0.309 e. The summed E-state index contributed by atoms with van der Waals surface area (Å²) in [6.07, 6.45) is 6.07. The van der Waals surface area contributed by atoms with E-state index in [0.717, 1.165) is 29.8 Å². The van der Waals surface area contributed by atoms with Crippen LogP contribution in [0.3, 0.4) is 0 Å².